The van der Waals surface area contributed by atoms with Crippen LogP contribution in [0, 0.1) is 5.92 Å². The largest absolute Gasteiger partial charge is 0.397 e. The van der Waals surface area contributed by atoms with Crippen molar-refractivity contribution in [3.63, 3.8) is 0 Å². The highest BCUT2D eigenvalue weighted by atomic mass is 35.5. The molecule has 1 aliphatic heterocycles. The van der Waals surface area contributed by atoms with Gasteiger partial charge in [-0.25, -0.2) is 0 Å². The molecule has 0 aliphatic carbocycles. The van der Waals surface area contributed by atoms with E-state index in [0.717, 1.165) is 25.9 Å². The van der Waals surface area contributed by atoms with Crippen molar-refractivity contribution in [2.45, 2.75) is 19.8 Å². The van der Waals surface area contributed by atoms with Crippen molar-refractivity contribution in [2.75, 3.05) is 18.8 Å². The number of hydrogen-bond donors (Lipinski definition) is 1. The molecule has 0 bridgehead atoms. The van der Waals surface area contributed by atoms with Gasteiger partial charge in [0.05, 0.1) is 15.7 Å². The number of hydrogen-bond acceptors (Lipinski definition) is 2. The Morgan fingerprint density at radius 3 is 2.50 bits per heavy atom. The predicted octanol–water partition coefficient (Wildman–Crippen LogP) is 3.45. The number of anilines is 1. The molecule has 3 nitrogen and oxygen atoms in total. The summed E-state index contributed by atoms with van der Waals surface area (Å²) in [5.74, 6) is 0.667. The molecule has 0 unspecified atom stereocenters. The Morgan fingerprint density at radius 2 is 1.94 bits per heavy atom. The van der Waals surface area contributed by atoms with Crippen molar-refractivity contribution in [1.29, 1.82) is 0 Å². The molecule has 98 valence electrons. The van der Waals surface area contributed by atoms with Gasteiger partial charge in [0.2, 0.25) is 0 Å². The van der Waals surface area contributed by atoms with Crippen LogP contribution in [0.15, 0.2) is 12.1 Å². The van der Waals surface area contributed by atoms with Gasteiger partial charge in [-0.3, -0.25) is 4.79 Å². The maximum Gasteiger partial charge on any atom is 0.253 e. The molecule has 1 saturated heterocycles. The van der Waals surface area contributed by atoms with E-state index in [1.165, 1.54) is 0 Å². The first-order valence-electron chi connectivity index (χ1n) is 6.03. The zero-order valence-corrected chi connectivity index (χ0v) is 11.8. The topological polar surface area (TPSA) is 46.3 Å². The van der Waals surface area contributed by atoms with Gasteiger partial charge in [0.15, 0.2) is 0 Å². The summed E-state index contributed by atoms with van der Waals surface area (Å²) in [6, 6.07) is 3.18. The molecule has 2 rings (SSSR count). The minimum atomic E-state index is -0.0211. The maximum absolute atomic E-state index is 12.3. The summed E-state index contributed by atoms with van der Waals surface area (Å²) >= 11 is 11.8. The Hall–Kier alpha value is -0.930. The highest BCUT2D eigenvalue weighted by Gasteiger charge is 2.22. The fourth-order valence-corrected chi connectivity index (χ4v) is 2.46. The van der Waals surface area contributed by atoms with Gasteiger partial charge in [-0.05, 0) is 30.9 Å². The second-order valence-corrected chi connectivity index (χ2v) is 5.62. The van der Waals surface area contributed by atoms with Gasteiger partial charge < -0.3 is 10.6 Å². The third-order valence-corrected chi connectivity index (χ3v) is 4.19. The number of carbonyl (C=O) groups is 1. The number of rotatable bonds is 1. The van der Waals surface area contributed by atoms with E-state index < -0.39 is 0 Å². The summed E-state index contributed by atoms with van der Waals surface area (Å²) in [5, 5.41) is 0.630. The van der Waals surface area contributed by atoms with E-state index in [-0.39, 0.29) is 5.91 Å². The molecule has 2 N–H and O–H groups in total. The second-order valence-electron chi connectivity index (χ2n) is 4.84. The van der Waals surface area contributed by atoms with Gasteiger partial charge in [-0.1, -0.05) is 30.1 Å². The van der Waals surface area contributed by atoms with Crippen molar-refractivity contribution in [1.82, 2.24) is 4.90 Å². The van der Waals surface area contributed by atoms with Crippen molar-refractivity contribution < 1.29 is 4.79 Å². The van der Waals surface area contributed by atoms with Gasteiger partial charge in [-0.2, -0.15) is 0 Å². The average Bonchev–Trinajstić information content (AvgIpc) is 2.35. The number of likely N-dealkylation sites (tertiary alicyclic amines) is 1. The Balaban J connectivity index is 2.19. The molecule has 1 aromatic carbocycles. The number of nitrogen functional groups attached to an aromatic ring is 1. The number of nitrogens with two attached hydrogens (primary N) is 1. The molecular formula is C13H16Cl2N2O. The number of carbonyl (C=O) groups excluding carboxylic acids is 1. The van der Waals surface area contributed by atoms with Crippen LogP contribution >= 0.6 is 23.2 Å². The van der Waals surface area contributed by atoms with Crippen LogP contribution in [-0.2, 0) is 0 Å². The molecule has 18 heavy (non-hydrogen) atoms. The Kier molecular flexibility index (Phi) is 4.03. The molecule has 1 aromatic rings. The fraction of sp³-hybridized carbons (Fsp3) is 0.462. The lowest BCUT2D eigenvalue weighted by Gasteiger charge is -2.30. The van der Waals surface area contributed by atoms with E-state index in [1.54, 1.807) is 12.1 Å². The summed E-state index contributed by atoms with van der Waals surface area (Å²) in [6.45, 7) is 3.79. The molecule has 1 fully saturated rings. The second kappa shape index (κ2) is 5.37. The summed E-state index contributed by atoms with van der Waals surface area (Å²) in [7, 11) is 0. The van der Waals surface area contributed by atoms with Gasteiger partial charge in [0, 0.05) is 18.7 Å². The minimum absolute atomic E-state index is 0.0211. The van der Waals surface area contributed by atoms with Crippen LogP contribution in [0.25, 0.3) is 0 Å². The monoisotopic (exact) mass is 286 g/mol. The van der Waals surface area contributed by atoms with Crippen molar-refractivity contribution >= 4 is 34.8 Å². The molecular weight excluding hydrogens is 271 g/mol. The summed E-state index contributed by atoms with van der Waals surface area (Å²) in [6.07, 6.45) is 2.09. The molecule has 0 spiro atoms. The third-order valence-electron chi connectivity index (χ3n) is 3.37. The Morgan fingerprint density at radius 1 is 1.33 bits per heavy atom. The Labute approximate surface area is 117 Å². The van der Waals surface area contributed by atoms with Crippen molar-refractivity contribution in [3.05, 3.63) is 27.7 Å². The van der Waals surface area contributed by atoms with E-state index in [1.807, 2.05) is 4.90 Å². The molecule has 0 atom stereocenters. The van der Waals surface area contributed by atoms with Crippen LogP contribution in [0.1, 0.15) is 30.1 Å². The predicted molar refractivity (Wildman–Crippen MR) is 75.2 cm³/mol. The summed E-state index contributed by atoms with van der Waals surface area (Å²) in [5.41, 5.74) is 6.58. The zero-order chi connectivity index (χ0) is 13.3. The summed E-state index contributed by atoms with van der Waals surface area (Å²) in [4.78, 5) is 14.1. The first-order valence-corrected chi connectivity index (χ1v) is 6.78. The zero-order valence-electron chi connectivity index (χ0n) is 10.2. The quantitative estimate of drug-likeness (QED) is 0.804. The molecule has 0 saturated carbocycles. The average molecular weight is 287 g/mol. The van der Waals surface area contributed by atoms with Gasteiger partial charge >= 0.3 is 0 Å². The minimum Gasteiger partial charge on any atom is -0.397 e. The molecule has 5 heteroatoms. The SMILES string of the molecule is CC1CCN(C(=O)c2cc(N)c(Cl)c(Cl)c2)CC1. The fourth-order valence-electron chi connectivity index (χ4n) is 2.13. The number of halogens is 2. The first kappa shape index (κ1) is 13.5. The first-order chi connectivity index (χ1) is 8.49. The van der Waals surface area contributed by atoms with Crippen molar-refractivity contribution in [2.24, 2.45) is 5.92 Å². The highest BCUT2D eigenvalue weighted by Crippen LogP contribution is 2.30. The third kappa shape index (κ3) is 2.73. The van der Waals surface area contributed by atoms with Crippen LogP contribution < -0.4 is 5.73 Å². The number of nitrogens with zero attached hydrogens (tertiary/aromatic N) is 1. The van der Waals surface area contributed by atoms with Crippen LogP contribution in [0.2, 0.25) is 10.0 Å². The smallest absolute Gasteiger partial charge is 0.253 e. The van der Waals surface area contributed by atoms with Crippen LogP contribution in [0.3, 0.4) is 0 Å². The molecule has 1 aliphatic rings. The lowest BCUT2D eigenvalue weighted by molar-refractivity contribution is 0.0697. The van der Waals surface area contributed by atoms with E-state index in [9.17, 15) is 4.79 Å². The van der Waals surface area contributed by atoms with Crippen LogP contribution in [0.4, 0.5) is 5.69 Å². The van der Waals surface area contributed by atoms with E-state index in [2.05, 4.69) is 6.92 Å². The normalized spacial score (nSPS) is 16.9. The molecule has 1 heterocycles. The molecule has 1 amide bonds. The van der Waals surface area contributed by atoms with E-state index in [4.69, 9.17) is 28.9 Å². The molecule has 0 aromatic heterocycles. The number of amides is 1. The summed E-state index contributed by atoms with van der Waals surface area (Å²) < 4.78 is 0. The molecule has 0 radical (unpaired) electrons. The Bertz CT molecular complexity index is 445. The highest BCUT2D eigenvalue weighted by molar-refractivity contribution is 6.43. The van der Waals surface area contributed by atoms with E-state index in [0.29, 0.717) is 27.2 Å². The number of piperidine rings is 1. The van der Waals surface area contributed by atoms with Gasteiger partial charge in [0.1, 0.15) is 0 Å². The van der Waals surface area contributed by atoms with E-state index >= 15 is 0 Å². The van der Waals surface area contributed by atoms with Crippen LogP contribution in [0.5, 0.6) is 0 Å². The standard InChI is InChI=1S/C13H16Cl2N2O/c1-8-2-4-17(5-3-8)13(18)9-6-10(14)12(15)11(16)7-9/h6-8H,2-5,16H2,1H3. The van der Waals surface area contributed by atoms with Crippen LogP contribution in [-0.4, -0.2) is 23.9 Å². The lowest BCUT2D eigenvalue weighted by atomic mass is 9.98. The maximum atomic E-state index is 12.3. The van der Waals surface area contributed by atoms with Gasteiger partial charge in [-0.15, -0.1) is 0 Å². The number of benzene rings is 1. The van der Waals surface area contributed by atoms with Gasteiger partial charge in [0.25, 0.3) is 5.91 Å². The van der Waals surface area contributed by atoms with Crippen molar-refractivity contribution in [3.8, 4) is 0 Å². The lowest BCUT2D eigenvalue weighted by Crippen LogP contribution is -2.37.